The Labute approximate surface area is 109 Å². The molecule has 0 unspecified atom stereocenters. The third-order valence-electron chi connectivity index (χ3n) is 2.30. The van der Waals surface area contributed by atoms with Crippen molar-refractivity contribution in [2.75, 3.05) is 6.54 Å². The summed E-state index contributed by atoms with van der Waals surface area (Å²) >= 11 is 4.68. The molecule has 6 heteroatoms. The number of nitrogens with two attached hydrogens (primary N) is 1. The number of thiocarbonyl (C=S) groups is 1. The lowest BCUT2D eigenvalue weighted by molar-refractivity contribution is -0.120. The van der Waals surface area contributed by atoms with Gasteiger partial charge in [0.2, 0.25) is 5.91 Å². The molecule has 0 aliphatic carbocycles. The maximum absolute atomic E-state index is 13.3. The van der Waals surface area contributed by atoms with Crippen LogP contribution in [0.3, 0.4) is 0 Å². The Kier molecular flexibility index (Phi) is 5.64. The summed E-state index contributed by atoms with van der Waals surface area (Å²) in [4.78, 5) is 11.8. The normalized spacial score (nSPS) is 10.1. The van der Waals surface area contributed by atoms with Gasteiger partial charge >= 0.3 is 0 Å². The Morgan fingerprint density at radius 1 is 1.39 bits per heavy atom. The number of hydrogen-bond donors (Lipinski definition) is 2. The lowest BCUT2D eigenvalue weighted by atomic mass is 10.1. The van der Waals surface area contributed by atoms with Crippen molar-refractivity contribution >= 4 is 23.1 Å². The zero-order valence-corrected chi connectivity index (χ0v) is 10.5. The van der Waals surface area contributed by atoms with E-state index in [1.165, 1.54) is 12.1 Å². The van der Waals surface area contributed by atoms with Crippen LogP contribution in [-0.2, 0) is 11.2 Å². The number of carbonyl (C=O) groups is 1. The third-order valence-corrected chi connectivity index (χ3v) is 2.51. The van der Waals surface area contributed by atoms with Crippen LogP contribution in [0, 0.1) is 11.6 Å². The minimum Gasteiger partial charge on any atom is -0.393 e. The summed E-state index contributed by atoms with van der Waals surface area (Å²) in [7, 11) is 0. The standard InChI is InChI=1S/C12H14F2N2OS/c13-9-4-1-3-8(12(9)14)7-11(17)16-6-2-5-10(15)18/h1,3-4H,2,5-7H2,(H2,15,18)(H,16,17). The summed E-state index contributed by atoms with van der Waals surface area (Å²) in [5.74, 6) is -2.29. The molecule has 1 amide bonds. The molecule has 0 bridgehead atoms. The average Bonchev–Trinajstić information content (AvgIpc) is 2.30. The van der Waals surface area contributed by atoms with Gasteiger partial charge in [-0.2, -0.15) is 0 Å². The van der Waals surface area contributed by atoms with E-state index < -0.39 is 11.6 Å². The van der Waals surface area contributed by atoms with Gasteiger partial charge in [0.1, 0.15) is 0 Å². The summed E-state index contributed by atoms with van der Waals surface area (Å²) in [5.41, 5.74) is 5.34. The molecule has 18 heavy (non-hydrogen) atoms. The number of nitrogens with one attached hydrogen (secondary N) is 1. The smallest absolute Gasteiger partial charge is 0.224 e. The fourth-order valence-electron chi connectivity index (χ4n) is 1.41. The maximum atomic E-state index is 13.3. The van der Waals surface area contributed by atoms with Crippen LogP contribution >= 0.6 is 12.2 Å². The Bertz CT molecular complexity index is 452. The molecule has 0 atom stereocenters. The lowest BCUT2D eigenvalue weighted by Gasteiger charge is -2.06. The topological polar surface area (TPSA) is 55.1 Å². The summed E-state index contributed by atoms with van der Waals surface area (Å²) in [6.07, 6.45) is 0.993. The van der Waals surface area contributed by atoms with Crippen LogP contribution in [0.4, 0.5) is 8.78 Å². The van der Waals surface area contributed by atoms with Crippen molar-refractivity contribution in [3.05, 3.63) is 35.4 Å². The van der Waals surface area contributed by atoms with Crippen molar-refractivity contribution in [3.8, 4) is 0 Å². The van der Waals surface area contributed by atoms with Gasteiger partial charge in [0.05, 0.1) is 11.4 Å². The van der Waals surface area contributed by atoms with E-state index in [0.717, 1.165) is 6.07 Å². The molecule has 1 aromatic carbocycles. The third kappa shape index (κ3) is 4.75. The minimum atomic E-state index is -0.976. The molecule has 0 saturated heterocycles. The molecular weight excluding hydrogens is 258 g/mol. The van der Waals surface area contributed by atoms with Gasteiger partial charge in [-0.3, -0.25) is 4.79 Å². The fraction of sp³-hybridized carbons (Fsp3) is 0.333. The number of benzene rings is 1. The number of amides is 1. The van der Waals surface area contributed by atoms with Gasteiger partial charge in [-0.15, -0.1) is 0 Å². The van der Waals surface area contributed by atoms with Crippen LogP contribution in [0.5, 0.6) is 0 Å². The van der Waals surface area contributed by atoms with Crippen molar-refractivity contribution in [2.24, 2.45) is 5.73 Å². The van der Waals surface area contributed by atoms with E-state index in [1.807, 2.05) is 0 Å². The molecule has 0 heterocycles. The summed E-state index contributed by atoms with van der Waals surface area (Å²) in [5, 5.41) is 2.59. The zero-order valence-electron chi connectivity index (χ0n) is 9.71. The summed E-state index contributed by atoms with van der Waals surface area (Å²) in [6.45, 7) is 0.410. The second-order valence-corrected chi connectivity index (χ2v) is 4.33. The predicted octanol–water partition coefficient (Wildman–Crippen LogP) is 1.69. The molecule has 0 aromatic heterocycles. The molecule has 3 nitrogen and oxygen atoms in total. The van der Waals surface area contributed by atoms with Crippen LogP contribution in [0.2, 0.25) is 0 Å². The molecule has 0 spiro atoms. The fourth-order valence-corrected chi connectivity index (χ4v) is 1.56. The van der Waals surface area contributed by atoms with Gasteiger partial charge in [-0.05, 0) is 18.9 Å². The Balaban J connectivity index is 2.40. The van der Waals surface area contributed by atoms with Crippen molar-refractivity contribution in [1.82, 2.24) is 5.32 Å². The highest BCUT2D eigenvalue weighted by molar-refractivity contribution is 7.80. The van der Waals surface area contributed by atoms with Crippen LogP contribution in [0.15, 0.2) is 18.2 Å². The molecule has 1 rings (SSSR count). The van der Waals surface area contributed by atoms with Crippen molar-refractivity contribution in [1.29, 1.82) is 0 Å². The first-order valence-electron chi connectivity index (χ1n) is 5.48. The zero-order chi connectivity index (χ0) is 13.5. The van der Waals surface area contributed by atoms with E-state index in [1.54, 1.807) is 0 Å². The van der Waals surface area contributed by atoms with Gasteiger partial charge in [-0.25, -0.2) is 8.78 Å². The quantitative estimate of drug-likeness (QED) is 0.612. The van der Waals surface area contributed by atoms with Crippen LogP contribution in [-0.4, -0.2) is 17.4 Å². The van der Waals surface area contributed by atoms with E-state index in [9.17, 15) is 13.6 Å². The van der Waals surface area contributed by atoms with Gasteiger partial charge in [-0.1, -0.05) is 24.4 Å². The number of carbonyl (C=O) groups excluding carboxylic acids is 1. The predicted molar refractivity (Wildman–Crippen MR) is 69.1 cm³/mol. The highest BCUT2D eigenvalue weighted by Gasteiger charge is 2.11. The van der Waals surface area contributed by atoms with E-state index >= 15 is 0 Å². The van der Waals surface area contributed by atoms with Crippen molar-refractivity contribution < 1.29 is 13.6 Å². The van der Waals surface area contributed by atoms with Gasteiger partial charge in [0.15, 0.2) is 11.6 Å². The summed E-state index contributed by atoms with van der Waals surface area (Å²) in [6, 6.07) is 3.76. The van der Waals surface area contributed by atoms with E-state index in [0.29, 0.717) is 24.4 Å². The monoisotopic (exact) mass is 272 g/mol. The van der Waals surface area contributed by atoms with Crippen LogP contribution < -0.4 is 11.1 Å². The Morgan fingerprint density at radius 2 is 2.11 bits per heavy atom. The molecule has 0 aliphatic rings. The lowest BCUT2D eigenvalue weighted by Crippen LogP contribution is -2.27. The molecule has 3 N–H and O–H groups in total. The molecule has 0 fully saturated rings. The van der Waals surface area contributed by atoms with Gasteiger partial charge in [0.25, 0.3) is 0 Å². The van der Waals surface area contributed by atoms with E-state index in [2.05, 4.69) is 17.5 Å². The number of halogens is 2. The number of rotatable bonds is 6. The van der Waals surface area contributed by atoms with Crippen molar-refractivity contribution in [3.63, 3.8) is 0 Å². The maximum Gasteiger partial charge on any atom is 0.224 e. The number of hydrogen-bond acceptors (Lipinski definition) is 2. The molecule has 0 radical (unpaired) electrons. The first-order chi connectivity index (χ1) is 8.50. The Hall–Kier alpha value is -1.56. The van der Waals surface area contributed by atoms with Crippen LogP contribution in [0.1, 0.15) is 18.4 Å². The van der Waals surface area contributed by atoms with Crippen LogP contribution in [0.25, 0.3) is 0 Å². The van der Waals surface area contributed by atoms with E-state index in [4.69, 9.17) is 5.73 Å². The highest BCUT2D eigenvalue weighted by Crippen LogP contribution is 2.11. The molecule has 0 saturated carbocycles. The summed E-state index contributed by atoms with van der Waals surface area (Å²) < 4.78 is 26.2. The Morgan fingerprint density at radius 3 is 2.78 bits per heavy atom. The second kappa shape index (κ2) is 7.00. The van der Waals surface area contributed by atoms with E-state index in [-0.39, 0.29) is 17.9 Å². The minimum absolute atomic E-state index is 0.0434. The first kappa shape index (κ1) is 14.5. The largest absolute Gasteiger partial charge is 0.393 e. The SMILES string of the molecule is NC(=S)CCCNC(=O)Cc1cccc(F)c1F. The van der Waals surface area contributed by atoms with Crippen molar-refractivity contribution in [2.45, 2.75) is 19.3 Å². The highest BCUT2D eigenvalue weighted by atomic mass is 32.1. The first-order valence-corrected chi connectivity index (χ1v) is 5.89. The molecule has 1 aromatic rings. The van der Waals surface area contributed by atoms with Gasteiger partial charge < -0.3 is 11.1 Å². The van der Waals surface area contributed by atoms with Gasteiger partial charge in [0, 0.05) is 12.1 Å². The molecule has 98 valence electrons. The molecular formula is C12H14F2N2OS. The average molecular weight is 272 g/mol. The molecule has 0 aliphatic heterocycles. The second-order valence-electron chi connectivity index (χ2n) is 3.81.